The fourth-order valence-electron chi connectivity index (χ4n) is 3.95. The zero-order chi connectivity index (χ0) is 20.2. The van der Waals surface area contributed by atoms with Crippen molar-refractivity contribution < 1.29 is 14.2 Å². The number of nitrogens with one attached hydrogen (secondary N) is 1. The maximum Gasteiger partial charge on any atom is 0.124 e. The molecule has 0 aliphatic carbocycles. The standard InChI is InChI=1S/C25H27NO3/c1-17-13-24(28-3)22(15-23(17)27-2)25-21-10-9-20(14-19(21)11-12-26-25)29-16-18-7-5-4-6-8-18/h4-10,13-15,25-26H,11-12,16H2,1-3H3. The summed E-state index contributed by atoms with van der Waals surface area (Å²) in [5, 5.41) is 3.64. The summed E-state index contributed by atoms with van der Waals surface area (Å²) in [6, 6.07) is 20.8. The van der Waals surface area contributed by atoms with Crippen molar-refractivity contribution in [3.05, 3.63) is 88.5 Å². The molecule has 0 spiro atoms. The van der Waals surface area contributed by atoms with Gasteiger partial charge >= 0.3 is 0 Å². The Labute approximate surface area is 172 Å². The molecule has 3 aromatic rings. The molecule has 0 aromatic heterocycles. The van der Waals surface area contributed by atoms with Crippen molar-refractivity contribution in [2.75, 3.05) is 20.8 Å². The van der Waals surface area contributed by atoms with E-state index >= 15 is 0 Å². The molecule has 1 N–H and O–H groups in total. The second kappa shape index (κ2) is 8.58. The van der Waals surface area contributed by atoms with E-state index < -0.39 is 0 Å². The Morgan fingerprint density at radius 1 is 0.897 bits per heavy atom. The molecule has 1 heterocycles. The number of aryl methyl sites for hydroxylation is 1. The van der Waals surface area contributed by atoms with E-state index in [9.17, 15) is 0 Å². The van der Waals surface area contributed by atoms with Crippen LogP contribution < -0.4 is 19.5 Å². The highest BCUT2D eigenvalue weighted by molar-refractivity contribution is 5.52. The smallest absolute Gasteiger partial charge is 0.124 e. The molecule has 4 rings (SSSR count). The zero-order valence-electron chi connectivity index (χ0n) is 17.2. The maximum atomic E-state index is 6.03. The van der Waals surface area contributed by atoms with Gasteiger partial charge in [0.1, 0.15) is 23.9 Å². The van der Waals surface area contributed by atoms with Gasteiger partial charge in [-0.2, -0.15) is 0 Å². The summed E-state index contributed by atoms with van der Waals surface area (Å²) in [5.74, 6) is 2.65. The van der Waals surface area contributed by atoms with Crippen LogP contribution in [0.3, 0.4) is 0 Å². The van der Waals surface area contributed by atoms with E-state index in [1.54, 1.807) is 14.2 Å². The average molecular weight is 389 g/mol. The molecule has 0 saturated heterocycles. The van der Waals surface area contributed by atoms with Crippen LogP contribution in [0.4, 0.5) is 0 Å². The quantitative estimate of drug-likeness (QED) is 0.656. The molecule has 3 aromatic carbocycles. The van der Waals surface area contributed by atoms with Crippen molar-refractivity contribution in [1.82, 2.24) is 5.32 Å². The molecule has 0 saturated carbocycles. The summed E-state index contributed by atoms with van der Waals surface area (Å²) < 4.78 is 17.3. The molecule has 0 amide bonds. The molecular formula is C25H27NO3. The first-order valence-electron chi connectivity index (χ1n) is 9.95. The number of rotatable bonds is 6. The predicted molar refractivity (Wildman–Crippen MR) is 115 cm³/mol. The molecule has 4 heteroatoms. The third-order valence-electron chi connectivity index (χ3n) is 5.47. The van der Waals surface area contributed by atoms with Crippen molar-refractivity contribution in [1.29, 1.82) is 0 Å². The Balaban J connectivity index is 1.62. The number of hydrogen-bond donors (Lipinski definition) is 1. The average Bonchev–Trinajstić information content (AvgIpc) is 2.77. The molecule has 1 aliphatic rings. The lowest BCUT2D eigenvalue weighted by atomic mass is 9.88. The van der Waals surface area contributed by atoms with Crippen molar-refractivity contribution in [2.24, 2.45) is 0 Å². The van der Waals surface area contributed by atoms with Gasteiger partial charge in [-0.1, -0.05) is 36.4 Å². The Hall–Kier alpha value is -2.98. The van der Waals surface area contributed by atoms with Crippen LogP contribution in [0.2, 0.25) is 0 Å². The first-order chi connectivity index (χ1) is 14.2. The SMILES string of the molecule is COc1cc(C2NCCc3cc(OCc4ccccc4)ccc32)c(OC)cc1C. The van der Waals surface area contributed by atoms with Crippen LogP contribution >= 0.6 is 0 Å². The Morgan fingerprint density at radius 3 is 2.45 bits per heavy atom. The number of methoxy groups -OCH3 is 2. The van der Waals surface area contributed by atoms with E-state index in [0.29, 0.717) is 6.61 Å². The van der Waals surface area contributed by atoms with Gasteiger partial charge in [0.15, 0.2) is 0 Å². The Kier molecular flexibility index (Phi) is 5.72. The zero-order valence-corrected chi connectivity index (χ0v) is 17.2. The van der Waals surface area contributed by atoms with E-state index in [2.05, 4.69) is 41.7 Å². The predicted octanol–water partition coefficient (Wildman–Crippen LogP) is 4.83. The van der Waals surface area contributed by atoms with E-state index in [1.807, 2.05) is 31.2 Å². The van der Waals surface area contributed by atoms with Gasteiger partial charge in [0, 0.05) is 12.1 Å². The van der Waals surface area contributed by atoms with Gasteiger partial charge in [0.2, 0.25) is 0 Å². The number of benzene rings is 3. The van der Waals surface area contributed by atoms with Gasteiger partial charge in [0.25, 0.3) is 0 Å². The first-order valence-corrected chi connectivity index (χ1v) is 9.95. The Morgan fingerprint density at radius 2 is 1.69 bits per heavy atom. The van der Waals surface area contributed by atoms with Crippen LogP contribution in [0, 0.1) is 6.92 Å². The lowest BCUT2D eigenvalue weighted by molar-refractivity contribution is 0.305. The van der Waals surface area contributed by atoms with Crippen LogP contribution in [0.1, 0.15) is 33.9 Å². The monoisotopic (exact) mass is 389 g/mol. The van der Waals surface area contributed by atoms with Gasteiger partial charge < -0.3 is 19.5 Å². The first kappa shape index (κ1) is 19.3. The molecule has 4 nitrogen and oxygen atoms in total. The van der Waals surface area contributed by atoms with Crippen molar-refractivity contribution in [3.63, 3.8) is 0 Å². The van der Waals surface area contributed by atoms with Crippen LogP contribution in [0.15, 0.2) is 60.7 Å². The number of ether oxygens (including phenoxy) is 3. The van der Waals surface area contributed by atoms with Crippen LogP contribution in [0.25, 0.3) is 0 Å². The fourth-order valence-corrected chi connectivity index (χ4v) is 3.95. The largest absolute Gasteiger partial charge is 0.496 e. The summed E-state index contributed by atoms with van der Waals surface area (Å²) in [4.78, 5) is 0. The molecule has 0 radical (unpaired) electrons. The fraction of sp³-hybridized carbons (Fsp3) is 0.280. The molecule has 1 atom stereocenters. The van der Waals surface area contributed by atoms with Crippen molar-refractivity contribution in [3.8, 4) is 17.2 Å². The van der Waals surface area contributed by atoms with Gasteiger partial charge in [-0.05, 0) is 59.9 Å². The minimum atomic E-state index is 0.0615. The summed E-state index contributed by atoms with van der Waals surface area (Å²) in [5.41, 5.74) is 5.89. The normalized spacial score (nSPS) is 15.5. The minimum absolute atomic E-state index is 0.0615. The third-order valence-corrected chi connectivity index (χ3v) is 5.47. The molecule has 150 valence electrons. The molecule has 1 aliphatic heterocycles. The van der Waals surface area contributed by atoms with Gasteiger partial charge in [-0.25, -0.2) is 0 Å². The number of fused-ring (bicyclic) bond motifs is 1. The molecule has 1 unspecified atom stereocenters. The Bertz CT molecular complexity index is 985. The summed E-state index contributed by atoms with van der Waals surface area (Å²) in [7, 11) is 3.42. The van der Waals surface area contributed by atoms with E-state index in [0.717, 1.165) is 41.3 Å². The lowest BCUT2D eigenvalue weighted by Gasteiger charge is -2.29. The van der Waals surface area contributed by atoms with Gasteiger partial charge in [-0.3, -0.25) is 0 Å². The van der Waals surface area contributed by atoms with Crippen LogP contribution in [0.5, 0.6) is 17.2 Å². The van der Waals surface area contributed by atoms with Crippen molar-refractivity contribution >= 4 is 0 Å². The van der Waals surface area contributed by atoms with Crippen LogP contribution in [-0.4, -0.2) is 20.8 Å². The van der Waals surface area contributed by atoms with Gasteiger partial charge in [0.05, 0.1) is 20.3 Å². The molecule has 29 heavy (non-hydrogen) atoms. The van der Waals surface area contributed by atoms with Gasteiger partial charge in [-0.15, -0.1) is 0 Å². The summed E-state index contributed by atoms with van der Waals surface area (Å²) >= 11 is 0. The lowest BCUT2D eigenvalue weighted by Crippen LogP contribution is -2.31. The topological polar surface area (TPSA) is 39.7 Å². The molecule has 0 bridgehead atoms. The second-order valence-corrected chi connectivity index (χ2v) is 7.34. The third kappa shape index (κ3) is 4.08. The molecular weight excluding hydrogens is 362 g/mol. The van der Waals surface area contributed by atoms with Crippen LogP contribution in [-0.2, 0) is 13.0 Å². The highest BCUT2D eigenvalue weighted by atomic mass is 16.5. The summed E-state index contributed by atoms with van der Waals surface area (Å²) in [6.07, 6.45) is 0.972. The molecule has 0 fully saturated rings. The highest BCUT2D eigenvalue weighted by Gasteiger charge is 2.25. The number of hydrogen-bond acceptors (Lipinski definition) is 4. The second-order valence-electron chi connectivity index (χ2n) is 7.34. The summed E-state index contributed by atoms with van der Waals surface area (Å²) in [6.45, 7) is 3.51. The van der Waals surface area contributed by atoms with E-state index in [4.69, 9.17) is 14.2 Å². The minimum Gasteiger partial charge on any atom is -0.496 e. The van der Waals surface area contributed by atoms with E-state index in [1.165, 1.54) is 16.7 Å². The highest BCUT2D eigenvalue weighted by Crippen LogP contribution is 2.38. The maximum absolute atomic E-state index is 6.03. The van der Waals surface area contributed by atoms with E-state index in [-0.39, 0.29) is 6.04 Å². The van der Waals surface area contributed by atoms with Crippen molar-refractivity contribution in [2.45, 2.75) is 26.0 Å².